The van der Waals surface area contributed by atoms with E-state index in [1.807, 2.05) is 0 Å². The highest BCUT2D eigenvalue weighted by Crippen LogP contribution is 2.10. The first-order chi connectivity index (χ1) is 9.35. The zero-order valence-corrected chi connectivity index (χ0v) is 12.6. The third-order valence-corrected chi connectivity index (χ3v) is 3.04. The highest BCUT2D eigenvalue weighted by molar-refractivity contribution is 5.14. The Hall–Kier alpha value is -0.860. The summed E-state index contributed by atoms with van der Waals surface area (Å²) >= 11 is 0. The summed E-state index contributed by atoms with van der Waals surface area (Å²) in [6.45, 7) is 4.36. The summed E-state index contributed by atoms with van der Waals surface area (Å²) in [4.78, 5) is 3.54. The molecule has 0 spiro atoms. The lowest BCUT2D eigenvalue weighted by Crippen LogP contribution is -1.85. The van der Waals surface area contributed by atoms with Gasteiger partial charge in [-0.15, -0.1) is 0 Å². The lowest BCUT2D eigenvalue weighted by atomic mass is 10.0. The number of unbranched alkanes of at least 4 members (excludes halogenated alkanes) is 6. The van der Waals surface area contributed by atoms with Crippen LogP contribution in [0.1, 0.15) is 64.4 Å². The van der Waals surface area contributed by atoms with Crippen molar-refractivity contribution >= 4 is 0 Å². The molecule has 1 aromatic carbocycles. The molecule has 0 aliphatic rings. The summed E-state index contributed by atoms with van der Waals surface area (Å²) in [6, 6.07) is 10.8. The molecule has 0 aromatic heterocycles. The predicted molar refractivity (Wildman–Crippen MR) is 82.4 cm³/mol. The van der Waals surface area contributed by atoms with Gasteiger partial charge in [0, 0.05) is 0 Å². The molecule has 0 atom stereocenters. The lowest BCUT2D eigenvalue weighted by molar-refractivity contribution is -0.237. The molecule has 0 radical (unpaired) electrons. The Morgan fingerprint density at radius 2 is 1.37 bits per heavy atom. The SMILES string of the molecule is CCCCCCCCCc1ccccc1.CCOO. The lowest BCUT2D eigenvalue weighted by Gasteiger charge is -2.01. The van der Waals surface area contributed by atoms with Crippen LogP contribution >= 0.6 is 0 Å². The van der Waals surface area contributed by atoms with E-state index in [0.717, 1.165) is 0 Å². The van der Waals surface area contributed by atoms with Gasteiger partial charge < -0.3 is 0 Å². The van der Waals surface area contributed by atoms with E-state index in [9.17, 15) is 0 Å². The highest BCUT2D eigenvalue weighted by atomic mass is 17.1. The summed E-state index contributed by atoms with van der Waals surface area (Å²) in [5, 5.41) is 7.38. The molecular weight excluding hydrogens is 236 g/mol. The highest BCUT2D eigenvalue weighted by Gasteiger charge is 1.92. The van der Waals surface area contributed by atoms with E-state index in [1.165, 1.54) is 56.9 Å². The molecule has 0 bridgehead atoms. The van der Waals surface area contributed by atoms with E-state index in [4.69, 9.17) is 5.26 Å². The summed E-state index contributed by atoms with van der Waals surface area (Å²) in [5.74, 6) is 0. The van der Waals surface area contributed by atoms with Crippen LogP contribution in [0.3, 0.4) is 0 Å². The van der Waals surface area contributed by atoms with Crippen LogP contribution in [0.5, 0.6) is 0 Å². The number of hydrogen-bond donors (Lipinski definition) is 1. The van der Waals surface area contributed by atoms with Gasteiger partial charge in [-0.1, -0.05) is 75.8 Å². The van der Waals surface area contributed by atoms with E-state index in [0.29, 0.717) is 6.61 Å². The van der Waals surface area contributed by atoms with Crippen LogP contribution in [0.15, 0.2) is 30.3 Å². The molecule has 0 fully saturated rings. The first-order valence-corrected chi connectivity index (χ1v) is 7.65. The number of aryl methyl sites for hydroxylation is 1. The molecular formula is C17H30O2. The maximum absolute atomic E-state index is 7.38. The molecule has 110 valence electrons. The molecule has 0 aliphatic carbocycles. The second-order valence-electron chi connectivity index (χ2n) is 4.77. The number of hydrogen-bond acceptors (Lipinski definition) is 2. The van der Waals surface area contributed by atoms with E-state index < -0.39 is 0 Å². The summed E-state index contributed by atoms with van der Waals surface area (Å²) in [5.41, 5.74) is 1.49. The van der Waals surface area contributed by atoms with Crippen LogP contribution in [0.2, 0.25) is 0 Å². The smallest absolute Gasteiger partial charge is 0.0791 e. The van der Waals surface area contributed by atoms with Crippen molar-refractivity contribution in [1.82, 2.24) is 0 Å². The minimum Gasteiger partial charge on any atom is -0.252 e. The minimum atomic E-state index is 0.375. The van der Waals surface area contributed by atoms with Crippen molar-refractivity contribution in [2.75, 3.05) is 6.61 Å². The van der Waals surface area contributed by atoms with Gasteiger partial charge in [-0.25, -0.2) is 4.89 Å². The Labute approximate surface area is 118 Å². The van der Waals surface area contributed by atoms with Gasteiger partial charge in [0.25, 0.3) is 0 Å². The fraction of sp³-hybridized carbons (Fsp3) is 0.647. The first-order valence-electron chi connectivity index (χ1n) is 7.65. The van der Waals surface area contributed by atoms with Crippen molar-refractivity contribution in [2.45, 2.75) is 65.2 Å². The molecule has 0 saturated carbocycles. The van der Waals surface area contributed by atoms with Crippen LogP contribution in [0.4, 0.5) is 0 Å². The minimum absolute atomic E-state index is 0.375. The average Bonchev–Trinajstić information content (AvgIpc) is 2.48. The zero-order chi connectivity index (χ0) is 14.2. The molecule has 19 heavy (non-hydrogen) atoms. The van der Waals surface area contributed by atoms with Crippen molar-refractivity contribution in [2.24, 2.45) is 0 Å². The maximum atomic E-state index is 7.38. The van der Waals surface area contributed by atoms with E-state index in [2.05, 4.69) is 42.1 Å². The Bertz CT molecular complexity index is 257. The first kappa shape index (κ1) is 18.1. The van der Waals surface area contributed by atoms with Crippen LogP contribution in [-0.2, 0) is 11.3 Å². The monoisotopic (exact) mass is 266 g/mol. The quantitative estimate of drug-likeness (QED) is 0.364. The molecule has 2 nitrogen and oxygen atoms in total. The van der Waals surface area contributed by atoms with Crippen LogP contribution in [0, 0.1) is 0 Å². The summed E-state index contributed by atoms with van der Waals surface area (Å²) < 4.78 is 0. The Morgan fingerprint density at radius 3 is 1.89 bits per heavy atom. The van der Waals surface area contributed by atoms with E-state index in [1.54, 1.807) is 6.92 Å². The topological polar surface area (TPSA) is 29.5 Å². The van der Waals surface area contributed by atoms with Crippen molar-refractivity contribution < 1.29 is 10.1 Å². The molecule has 0 unspecified atom stereocenters. The molecule has 0 heterocycles. The van der Waals surface area contributed by atoms with Crippen LogP contribution < -0.4 is 0 Å². The maximum Gasteiger partial charge on any atom is 0.0791 e. The van der Waals surface area contributed by atoms with E-state index in [-0.39, 0.29) is 0 Å². The number of benzene rings is 1. The zero-order valence-electron chi connectivity index (χ0n) is 12.6. The largest absolute Gasteiger partial charge is 0.252 e. The normalized spacial score (nSPS) is 9.84. The van der Waals surface area contributed by atoms with Gasteiger partial charge in [0.2, 0.25) is 0 Å². The van der Waals surface area contributed by atoms with Crippen LogP contribution in [-0.4, -0.2) is 11.9 Å². The van der Waals surface area contributed by atoms with Gasteiger partial charge in [-0.2, -0.15) is 0 Å². The molecule has 0 amide bonds. The fourth-order valence-corrected chi connectivity index (χ4v) is 1.93. The predicted octanol–water partition coefficient (Wildman–Crippen LogP) is 5.48. The van der Waals surface area contributed by atoms with Gasteiger partial charge in [0.1, 0.15) is 0 Å². The van der Waals surface area contributed by atoms with Crippen molar-refractivity contribution in [3.8, 4) is 0 Å². The molecule has 2 heteroatoms. The third kappa shape index (κ3) is 13.4. The van der Waals surface area contributed by atoms with Gasteiger partial charge in [-0.05, 0) is 25.3 Å². The summed E-state index contributed by atoms with van der Waals surface area (Å²) in [6.07, 6.45) is 11.1. The van der Waals surface area contributed by atoms with Gasteiger partial charge in [0.05, 0.1) is 6.61 Å². The van der Waals surface area contributed by atoms with Gasteiger partial charge in [0.15, 0.2) is 0 Å². The molecule has 1 N–H and O–H groups in total. The molecule has 1 aromatic rings. The van der Waals surface area contributed by atoms with E-state index >= 15 is 0 Å². The molecule has 0 saturated heterocycles. The van der Waals surface area contributed by atoms with Gasteiger partial charge >= 0.3 is 0 Å². The van der Waals surface area contributed by atoms with Crippen LogP contribution in [0.25, 0.3) is 0 Å². The van der Waals surface area contributed by atoms with Crippen molar-refractivity contribution in [3.63, 3.8) is 0 Å². The molecule has 1 rings (SSSR count). The van der Waals surface area contributed by atoms with Crippen molar-refractivity contribution in [3.05, 3.63) is 35.9 Å². The second kappa shape index (κ2) is 15.2. The van der Waals surface area contributed by atoms with Crippen molar-refractivity contribution in [1.29, 1.82) is 0 Å². The average molecular weight is 266 g/mol. The fourth-order valence-electron chi connectivity index (χ4n) is 1.93. The van der Waals surface area contributed by atoms with Gasteiger partial charge in [-0.3, -0.25) is 5.26 Å². The Balaban J connectivity index is 0.000000711. The third-order valence-electron chi connectivity index (χ3n) is 3.04. The number of rotatable bonds is 9. The second-order valence-corrected chi connectivity index (χ2v) is 4.77. The Morgan fingerprint density at radius 1 is 0.842 bits per heavy atom. The summed E-state index contributed by atoms with van der Waals surface area (Å²) in [7, 11) is 0. The standard InChI is InChI=1S/C15H24.C2H6O2/c1-2-3-4-5-6-7-9-12-15-13-10-8-11-14-15;1-2-4-3/h8,10-11,13-14H,2-7,9,12H2,1H3;3H,2H2,1H3. The molecule has 0 aliphatic heterocycles. The Kier molecular flexibility index (Phi) is 14.5.